The van der Waals surface area contributed by atoms with E-state index in [1.54, 1.807) is 12.1 Å². The number of halogens is 1. The Morgan fingerprint density at radius 3 is 2.94 bits per heavy atom. The number of rotatable bonds is 2. The summed E-state index contributed by atoms with van der Waals surface area (Å²) < 4.78 is 5.03. The number of aromatic nitrogens is 1. The molecule has 2 rings (SSSR count). The lowest BCUT2D eigenvalue weighted by atomic mass is 10.0. The Morgan fingerprint density at radius 1 is 1.50 bits per heavy atom. The van der Waals surface area contributed by atoms with Crippen LogP contribution in [-0.2, 0) is 0 Å². The van der Waals surface area contributed by atoms with Crippen molar-refractivity contribution in [2.24, 2.45) is 0 Å². The Kier molecular flexibility index (Phi) is 4.07. The van der Waals surface area contributed by atoms with Crippen molar-refractivity contribution in [3.05, 3.63) is 22.8 Å². The number of nitrogens with zero attached hydrogens (tertiary/aromatic N) is 2. The summed E-state index contributed by atoms with van der Waals surface area (Å²) in [5.74, 6) is 0.375. The van der Waals surface area contributed by atoms with Crippen molar-refractivity contribution in [3.63, 3.8) is 0 Å². The Labute approximate surface area is 112 Å². The second kappa shape index (κ2) is 5.57. The predicted octanol–water partition coefficient (Wildman–Crippen LogP) is 2.76. The molecule has 1 amide bonds. The number of hydrogen-bond donors (Lipinski definition) is 0. The highest BCUT2D eigenvalue weighted by atomic mass is 35.5. The Balaban J connectivity index is 2.24. The first-order valence-electron chi connectivity index (χ1n) is 6.14. The minimum atomic E-state index is 0.00444. The molecule has 1 aromatic rings. The summed E-state index contributed by atoms with van der Waals surface area (Å²) in [6.45, 7) is 2.89. The molecule has 0 aromatic carbocycles. The van der Waals surface area contributed by atoms with Crippen LogP contribution in [0.1, 0.15) is 36.5 Å². The number of ether oxygens (including phenoxy) is 1. The first-order chi connectivity index (χ1) is 8.61. The minimum absolute atomic E-state index is 0.00444. The summed E-state index contributed by atoms with van der Waals surface area (Å²) in [6, 6.07) is 3.51. The van der Waals surface area contributed by atoms with Gasteiger partial charge in [0.2, 0.25) is 5.88 Å². The number of hydrogen-bond acceptors (Lipinski definition) is 3. The van der Waals surface area contributed by atoms with E-state index in [-0.39, 0.29) is 17.1 Å². The van der Waals surface area contributed by atoms with Crippen molar-refractivity contribution >= 4 is 17.5 Å². The Hall–Kier alpha value is -1.29. The standard InChI is InChI=1S/C13H17ClN2O2/c1-9-5-3-4-6-16(9)13(17)10-7-11(14)15-12(8-10)18-2/h7-9H,3-6H2,1-2H3. The monoisotopic (exact) mass is 268 g/mol. The minimum Gasteiger partial charge on any atom is -0.481 e. The van der Waals surface area contributed by atoms with Gasteiger partial charge in [0.15, 0.2) is 0 Å². The maximum atomic E-state index is 12.4. The van der Waals surface area contributed by atoms with Gasteiger partial charge >= 0.3 is 0 Å². The molecule has 1 saturated heterocycles. The van der Waals surface area contributed by atoms with Crippen LogP contribution in [0.4, 0.5) is 0 Å². The first-order valence-corrected chi connectivity index (χ1v) is 6.52. The molecule has 2 heterocycles. The quantitative estimate of drug-likeness (QED) is 0.775. The predicted molar refractivity (Wildman–Crippen MR) is 70.1 cm³/mol. The zero-order valence-electron chi connectivity index (χ0n) is 10.6. The summed E-state index contributed by atoms with van der Waals surface area (Å²) in [5, 5.41) is 0.280. The topological polar surface area (TPSA) is 42.4 Å². The smallest absolute Gasteiger partial charge is 0.254 e. The average molecular weight is 269 g/mol. The number of piperidine rings is 1. The fraction of sp³-hybridized carbons (Fsp3) is 0.538. The lowest BCUT2D eigenvalue weighted by molar-refractivity contribution is 0.0635. The largest absolute Gasteiger partial charge is 0.481 e. The van der Waals surface area contributed by atoms with Crippen LogP contribution < -0.4 is 4.74 Å². The van der Waals surface area contributed by atoms with Gasteiger partial charge in [-0.15, -0.1) is 0 Å². The fourth-order valence-corrected chi connectivity index (χ4v) is 2.47. The molecule has 0 spiro atoms. The van der Waals surface area contributed by atoms with Crippen molar-refractivity contribution in [3.8, 4) is 5.88 Å². The third-order valence-electron chi connectivity index (χ3n) is 3.29. The van der Waals surface area contributed by atoms with Crippen LogP contribution in [0.25, 0.3) is 0 Å². The van der Waals surface area contributed by atoms with E-state index in [4.69, 9.17) is 16.3 Å². The Bertz CT molecular complexity index is 451. The normalized spacial score (nSPS) is 19.7. The third-order valence-corrected chi connectivity index (χ3v) is 3.48. The van der Waals surface area contributed by atoms with E-state index in [0.717, 1.165) is 19.4 Å². The van der Waals surface area contributed by atoms with Gasteiger partial charge in [0.1, 0.15) is 5.15 Å². The highest BCUT2D eigenvalue weighted by Crippen LogP contribution is 2.22. The van der Waals surface area contributed by atoms with Gasteiger partial charge in [0.25, 0.3) is 5.91 Å². The van der Waals surface area contributed by atoms with E-state index in [1.165, 1.54) is 13.5 Å². The molecule has 0 radical (unpaired) electrons. The van der Waals surface area contributed by atoms with Crippen LogP contribution in [0, 0.1) is 0 Å². The highest BCUT2D eigenvalue weighted by molar-refractivity contribution is 6.29. The third kappa shape index (κ3) is 2.75. The van der Waals surface area contributed by atoms with Gasteiger partial charge in [-0.1, -0.05) is 11.6 Å². The Morgan fingerprint density at radius 2 is 2.28 bits per heavy atom. The van der Waals surface area contributed by atoms with Gasteiger partial charge in [-0.25, -0.2) is 4.98 Å². The first kappa shape index (κ1) is 13.1. The molecular formula is C13H17ClN2O2. The number of carbonyl (C=O) groups is 1. The molecule has 1 fully saturated rings. The molecule has 0 N–H and O–H groups in total. The van der Waals surface area contributed by atoms with E-state index in [9.17, 15) is 4.79 Å². The van der Waals surface area contributed by atoms with Crippen LogP contribution in [0.15, 0.2) is 12.1 Å². The summed E-state index contributed by atoms with van der Waals surface area (Å²) in [6.07, 6.45) is 3.30. The van der Waals surface area contributed by atoms with E-state index in [1.807, 2.05) is 4.90 Å². The van der Waals surface area contributed by atoms with E-state index < -0.39 is 0 Å². The molecule has 1 aromatic heterocycles. The molecule has 0 bridgehead atoms. The fourth-order valence-electron chi connectivity index (χ4n) is 2.27. The lowest BCUT2D eigenvalue weighted by Crippen LogP contribution is -2.42. The summed E-state index contributed by atoms with van der Waals surface area (Å²) in [4.78, 5) is 18.3. The second-order valence-electron chi connectivity index (χ2n) is 4.56. The van der Waals surface area contributed by atoms with E-state index >= 15 is 0 Å². The molecule has 1 atom stereocenters. The van der Waals surface area contributed by atoms with Gasteiger partial charge in [0.05, 0.1) is 7.11 Å². The van der Waals surface area contributed by atoms with E-state index in [2.05, 4.69) is 11.9 Å². The number of methoxy groups -OCH3 is 1. The molecule has 1 aliphatic heterocycles. The van der Waals surface area contributed by atoms with Crippen molar-refractivity contribution < 1.29 is 9.53 Å². The van der Waals surface area contributed by atoms with Gasteiger partial charge < -0.3 is 9.64 Å². The number of amides is 1. The SMILES string of the molecule is COc1cc(C(=O)N2CCCCC2C)cc(Cl)n1. The molecule has 0 aliphatic carbocycles. The van der Waals surface area contributed by atoms with Gasteiger partial charge in [-0.3, -0.25) is 4.79 Å². The summed E-state index contributed by atoms with van der Waals surface area (Å²) >= 11 is 5.89. The van der Waals surface area contributed by atoms with Crippen LogP contribution >= 0.6 is 11.6 Å². The van der Waals surface area contributed by atoms with Gasteiger partial charge in [-0.2, -0.15) is 0 Å². The van der Waals surface area contributed by atoms with Gasteiger partial charge in [-0.05, 0) is 32.3 Å². The molecule has 4 nitrogen and oxygen atoms in total. The number of carbonyl (C=O) groups excluding carboxylic acids is 1. The van der Waals surface area contributed by atoms with Crippen LogP contribution in [0.2, 0.25) is 5.15 Å². The summed E-state index contributed by atoms with van der Waals surface area (Å²) in [5.41, 5.74) is 0.542. The van der Waals surface area contributed by atoms with Crippen LogP contribution in [0.5, 0.6) is 5.88 Å². The van der Waals surface area contributed by atoms with Crippen molar-refractivity contribution in [2.75, 3.05) is 13.7 Å². The number of pyridine rings is 1. The molecule has 18 heavy (non-hydrogen) atoms. The molecule has 1 unspecified atom stereocenters. The second-order valence-corrected chi connectivity index (χ2v) is 4.95. The molecule has 98 valence electrons. The highest BCUT2D eigenvalue weighted by Gasteiger charge is 2.24. The van der Waals surface area contributed by atoms with Crippen LogP contribution in [0.3, 0.4) is 0 Å². The summed E-state index contributed by atoms with van der Waals surface area (Å²) in [7, 11) is 1.51. The molecule has 1 aliphatic rings. The maximum Gasteiger partial charge on any atom is 0.254 e. The van der Waals surface area contributed by atoms with Gasteiger partial charge in [0, 0.05) is 24.2 Å². The molecule has 5 heteroatoms. The van der Waals surface area contributed by atoms with Crippen molar-refractivity contribution in [1.82, 2.24) is 9.88 Å². The van der Waals surface area contributed by atoms with Crippen molar-refractivity contribution in [2.45, 2.75) is 32.2 Å². The molecular weight excluding hydrogens is 252 g/mol. The maximum absolute atomic E-state index is 12.4. The van der Waals surface area contributed by atoms with E-state index in [0.29, 0.717) is 11.4 Å². The zero-order valence-corrected chi connectivity index (χ0v) is 11.4. The van der Waals surface area contributed by atoms with Crippen molar-refractivity contribution in [1.29, 1.82) is 0 Å². The van der Waals surface area contributed by atoms with Crippen LogP contribution in [-0.4, -0.2) is 35.5 Å². The zero-order chi connectivity index (χ0) is 13.1. The lowest BCUT2D eigenvalue weighted by Gasteiger charge is -2.33. The molecule has 0 saturated carbocycles. The number of likely N-dealkylation sites (tertiary alicyclic amines) is 1. The average Bonchev–Trinajstić information content (AvgIpc) is 2.37.